The quantitative estimate of drug-likeness (QED) is 0.0435. The molecule has 12 rings (SSSR count). The molecular weight excluding hydrogens is 1350 g/mol. The second-order valence-corrected chi connectivity index (χ2v) is 23.9. The summed E-state index contributed by atoms with van der Waals surface area (Å²) in [6.07, 6.45) is 7.84. The van der Waals surface area contributed by atoms with E-state index in [4.69, 9.17) is 45.9 Å². The third-order valence-electron chi connectivity index (χ3n) is 14.6. The normalized spacial score (nSPS) is 11.9. The molecule has 0 amide bonds. The molecular formula is C74H56Cu2F6N4O6S2. The van der Waals surface area contributed by atoms with Crippen LogP contribution in [0.3, 0.4) is 0 Å². The van der Waals surface area contributed by atoms with Gasteiger partial charge in [-0.2, -0.15) is 26.3 Å². The van der Waals surface area contributed by atoms with Gasteiger partial charge in [-0.25, -0.2) is 16.8 Å². The van der Waals surface area contributed by atoms with Crippen LogP contribution in [-0.4, -0.2) is 61.8 Å². The van der Waals surface area contributed by atoms with Crippen molar-refractivity contribution in [3.8, 4) is 22.3 Å². The van der Waals surface area contributed by atoms with Gasteiger partial charge in [-0.1, -0.05) is 194 Å². The van der Waals surface area contributed by atoms with Gasteiger partial charge in [0.05, 0.1) is 22.7 Å². The predicted molar refractivity (Wildman–Crippen MR) is 359 cm³/mol. The summed E-state index contributed by atoms with van der Waals surface area (Å²) in [5.74, 6) is 0. The van der Waals surface area contributed by atoms with Crippen LogP contribution < -0.4 is 0 Å². The molecule has 0 heterocycles. The van der Waals surface area contributed by atoms with Gasteiger partial charge in [0, 0.05) is 47.1 Å². The first-order chi connectivity index (χ1) is 43.8. The minimum atomic E-state index is -6.09. The van der Waals surface area contributed by atoms with Crippen molar-refractivity contribution in [1.82, 2.24) is 0 Å². The van der Waals surface area contributed by atoms with E-state index in [1.807, 2.05) is 24.9 Å². The van der Waals surface area contributed by atoms with Gasteiger partial charge in [0.15, 0.2) is 20.2 Å². The van der Waals surface area contributed by atoms with Crippen LogP contribution in [0.4, 0.5) is 49.1 Å². The van der Waals surface area contributed by atoms with Crippen LogP contribution in [0.5, 0.6) is 0 Å². The predicted octanol–water partition coefficient (Wildman–Crippen LogP) is 19.7. The maximum atomic E-state index is 10.7. The minimum Gasteiger partial charge on any atom is -0.741 e. The van der Waals surface area contributed by atoms with E-state index in [0.717, 1.165) is 67.3 Å². The third-order valence-corrected chi connectivity index (χ3v) is 15.7. The Morgan fingerprint density at radius 3 is 0.649 bits per heavy atom. The Hall–Kier alpha value is -9.20. The third kappa shape index (κ3) is 18.6. The fourth-order valence-electron chi connectivity index (χ4n) is 10.1. The smallest absolute Gasteiger partial charge is 0.741 e. The summed E-state index contributed by atoms with van der Waals surface area (Å²) in [6.45, 7) is 8.59. The zero-order chi connectivity index (χ0) is 65.8. The summed E-state index contributed by atoms with van der Waals surface area (Å²) in [4.78, 5) is 19.9. The summed E-state index contributed by atoms with van der Waals surface area (Å²) in [5.41, 5.74) is 5.96. The molecule has 0 bridgehead atoms. The molecule has 0 saturated carbocycles. The molecule has 0 aromatic heterocycles. The second kappa shape index (κ2) is 31.6. The van der Waals surface area contributed by atoms with Crippen molar-refractivity contribution >= 4 is 111 Å². The van der Waals surface area contributed by atoms with E-state index < -0.39 is 31.3 Å². The second-order valence-electron chi connectivity index (χ2n) is 21.1. The summed E-state index contributed by atoms with van der Waals surface area (Å²) >= 11 is 0. The van der Waals surface area contributed by atoms with E-state index >= 15 is 0 Å². The van der Waals surface area contributed by atoms with Crippen molar-refractivity contribution in [2.75, 3.05) is 0 Å². The van der Waals surface area contributed by atoms with Gasteiger partial charge in [0.2, 0.25) is 0 Å². The van der Waals surface area contributed by atoms with Crippen molar-refractivity contribution in [2.24, 2.45) is 20.0 Å². The number of fused-ring (bicyclic) bond motifs is 4. The number of alkyl halides is 6. The van der Waals surface area contributed by atoms with E-state index in [-0.39, 0.29) is 34.1 Å². The number of benzene rings is 12. The first kappa shape index (κ1) is 72.2. The number of nitrogens with zero attached hydrogens (tertiary/aromatic N) is 4. The van der Waals surface area contributed by atoms with Crippen LogP contribution >= 0.6 is 0 Å². The molecule has 12 aromatic rings. The Bertz CT molecular complexity index is 4470. The largest absolute Gasteiger partial charge is 1.00 e. The summed E-state index contributed by atoms with van der Waals surface area (Å²) in [6, 6.07) is 84.6. The molecule has 0 aliphatic carbocycles. The molecule has 0 N–H and O–H groups in total. The van der Waals surface area contributed by atoms with Crippen LogP contribution in [0.1, 0.15) is 44.5 Å². The van der Waals surface area contributed by atoms with Crippen molar-refractivity contribution in [1.29, 1.82) is 0 Å². The summed E-state index contributed by atoms with van der Waals surface area (Å²) < 4.78 is 118. The monoisotopic (exact) mass is 1400 g/mol. The first-order valence-electron chi connectivity index (χ1n) is 28.4. The minimum absolute atomic E-state index is 0. The zero-order valence-electron chi connectivity index (χ0n) is 50.3. The molecule has 0 saturated heterocycles. The van der Waals surface area contributed by atoms with Crippen LogP contribution in [-0.2, 0) is 54.4 Å². The Kier molecular flexibility index (Phi) is 24.3. The number of halogens is 6. The summed E-state index contributed by atoms with van der Waals surface area (Å²) in [5, 5.41) is 9.78. The Morgan fingerprint density at radius 1 is 0.287 bits per heavy atom. The maximum Gasteiger partial charge on any atom is 1.00 e. The van der Waals surface area contributed by atoms with Gasteiger partial charge < -0.3 is 9.11 Å². The number of hydrogen-bond acceptors (Lipinski definition) is 10. The van der Waals surface area contributed by atoms with Crippen molar-refractivity contribution in [3.63, 3.8) is 0 Å². The van der Waals surface area contributed by atoms with Gasteiger partial charge in [-0.3, -0.25) is 20.0 Å². The van der Waals surface area contributed by atoms with Crippen molar-refractivity contribution in [3.05, 3.63) is 287 Å². The number of aryl methyl sites for hydroxylation is 4. The molecule has 484 valence electrons. The number of rotatable bonds is 10. The topological polar surface area (TPSA) is 164 Å². The fraction of sp³-hybridized carbons (Fsp3) is 0.0811. The standard InChI is InChI=1S/2C36H28N2.2CHF3O3S.2Cu/c2*1-25-9-7-15-33(37-23-27-17-19-29-11-3-5-13-31(29)21-27)35(25)36-26(2)10-8-16-34(36)38-24-28-18-20-30-12-4-6-14-32(30)22-28;2*2-1(3,4)8(5,6)7;;/h2*3-24H,1-2H3;2*(H,5,6,7);;/q;;;;2*+1/p-2. The zero-order valence-corrected chi connectivity index (χ0v) is 53.8. The van der Waals surface area contributed by atoms with E-state index in [1.165, 1.54) is 65.3 Å². The van der Waals surface area contributed by atoms with Gasteiger partial charge in [0.25, 0.3) is 0 Å². The van der Waals surface area contributed by atoms with Crippen LogP contribution in [0.15, 0.2) is 263 Å². The van der Waals surface area contributed by atoms with Crippen LogP contribution in [0.25, 0.3) is 65.3 Å². The first-order valence-corrected chi connectivity index (χ1v) is 31.2. The maximum absolute atomic E-state index is 10.7. The molecule has 0 spiro atoms. The van der Waals surface area contributed by atoms with E-state index in [2.05, 4.69) is 270 Å². The molecule has 10 nitrogen and oxygen atoms in total. The van der Waals surface area contributed by atoms with Gasteiger partial charge >= 0.3 is 45.2 Å². The van der Waals surface area contributed by atoms with Gasteiger partial charge in [-0.15, -0.1) is 0 Å². The molecule has 20 heteroatoms. The Balaban J connectivity index is 0.000000212. The molecule has 0 fully saturated rings. The average Bonchev–Trinajstić information content (AvgIpc) is 0.794. The molecule has 0 atom stereocenters. The van der Waals surface area contributed by atoms with Crippen molar-refractivity contribution < 1.29 is 86.4 Å². The van der Waals surface area contributed by atoms with Gasteiger partial charge in [0.1, 0.15) is 0 Å². The molecule has 12 aromatic carbocycles. The summed E-state index contributed by atoms with van der Waals surface area (Å²) in [7, 11) is -12.2. The van der Waals surface area contributed by atoms with E-state index in [1.54, 1.807) is 0 Å². The number of aliphatic imine (C=N–C) groups is 4. The molecule has 94 heavy (non-hydrogen) atoms. The van der Waals surface area contributed by atoms with Crippen LogP contribution in [0.2, 0.25) is 0 Å². The fourth-order valence-corrected chi connectivity index (χ4v) is 10.1. The molecule has 0 aliphatic heterocycles. The van der Waals surface area contributed by atoms with Gasteiger partial charge in [-0.05, 0) is 164 Å². The molecule has 0 radical (unpaired) electrons. The molecule has 0 aliphatic rings. The van der Waals surface area contributed by atoms with Crippen LogP contribution in [0, 0.1) is 27.7 Å². The van der Waals surface area contributed by atoms with E-state index in [9.17, 15) is 26.3 Å². The van der Waals surface area contributed by atoms with Crippen molar-refractivity contribution in [2.45, 2.75) is 38.7 Å². The average molecular weight is 1400 g/mol. The SMILES string of the molecule is Cc1cccc(N=Cc2ccc3ccccc3c2)c1-c1c(C)cccc1N=Cc1ccc2ccccc2c1.Cc1cccc(N=Cc2ccc3ccccc3c2)c1-c1c(C)cccc1N=Cc1ccc2ccccc2c1.O=S(=O)([O-])C(F)(F)F.O=S(=O)([O-])C(F)(F)F.[Cu+].[Cu+]. The Labute approximate surface area is 561 Å². The Morgan fingerprint density at radius 2 is 0.468 bits per heavy atom. The molecule has 0 unspecified atom stereocenters. The number of hydrogen-bond donors (Lipinski definition) is 0. The van der Waals surface area contributed by atoms with E-state index in [0.29, 0.717) is 0 Å².